The number of nitrogens with two attached hydrogens (primary N) is 1. The Labute approximate surface area is 114 Å². The minimum absolute atomic E-state index is 0.347. The molecule has 2 aliphatic rings. The molecule has 6 heteroatoms. The van der Waals surface area contributed by atoms with Crippen LogP contribution in [-0.4, -0.2) is 37.1 Å². The highest BCUT2D eigenvalue weighted by atomic mass is 79.9. The maximum atomic E-state index is 6.00. The third-order valence-electron chi connectivity index (χ3n) is 3.50. The van der Waals surface area contributed by atoms with Crippen molar-refractivity contribution in [3.05, 3.63) is 16.7 Å². The van der Waals surface area contributed by atoms with Gasteiger partial charge in [-0.2, -0.15) is 0 Å². The van der Waals surface area contributed by atoms with Gasteiger partial charge in [0.15, 0.2) is 11.6 Å². The van der Waals surface area contributed by atoms with Crippen LogP contribution >= 0.6 is 15.9 Å². The SMILES string of the molecule is Nc1cc(Br)cnc1N1CCC2(CC1)OCCO2. The Morgan fingerprint density at radius 3 is 2.56 bits per heavy atom. The first-order chi connectivity index (χ1) is 8.69. The molecule has 98 valence electrons. The molecule has 0 saturated carbocycles. The molecule has 2 N–H and O–H groups in total. The number of nitrogen functional groups attached to an aromatic ring is 1. The molecule has 1 aromatic rings. The molecule has 1 aromatic heterocycles. The predicted molar refractivity (Wildman–Crippen MR) is 72.4 cm³/mol. The summed E-state index contributed by atoms with van der Waals surface area (Å²) >= 11 is 3.37. The summed E-state index contributed by atoms with van der Waals surface area (Å²) < 4.78 is 12.3. The fraction of sp³-hybridized carbons (Fsp3) is 0.583. The van der Waals surface area contributed by atoms with E-state index in [4.69, 9.17) is 15.2 Å². The topological polar surface area (TPSA) is 60.6 Å². The normalized spacial score (nSPS) is 22.6. The first-order valence-corrected chi connectivity index (χ1v) is 6.92. The van der Waals surface area contributed by atoms with E-state index in [2.05, 4.69) is 25.8 Å². The van der Waals surface area contributed by atoms with Crippen molar-refractivity contribution in [2.75, 3.05) is 36.9 Å². The molecule has 0 radical (unpaired) electrons. The fourth-order valence-corrected chi connectivity index (χ4v) is 2.91. The smallest absolute Gasteiger partial charge is 0.171 e. The Morgan fingerprint density at radius 2 is 1.94 bits per heavy atom. The lowest BCUT2D eigenvalue weighted by molar-refractivity contribution is -0.169. The first kappa shape index (κ1) is 12.2. The lowest BCUT2D eigenvalue weighted by atomic mass is 10.0. The lowest BCUT2D eigenvalue weighted by Crippen LogP contribution is -2.45. The number of rotatable bonds is 1. The number of hydrogen-bond donors (Lipinski definition) is 1. The first-order valence-electron chi connectivity index (χ1n) is 6.12. The fourth-order valence-electron chi connectivity index (χ4n) is 2.56. The zero-order valence-corrected chi connectivity index (χ0v) is 11.6. The maximum absolute atomic E-state index is 6.00. The zero-order chi connectivity index (χ0) is 12.6. The van der Waals surface area contributed by atoms with Crippen LogP contribution in [0, 0.1) is 0 Å². The van der Waals surface area contributed by atoms with Gasteiger partial charge < -0.3 is 20.1 Å². The molecule has 0 aliphatic carbocycles. The number of anilines is 2. The Hall–Kier alpha value is -0.850. The summed E-state index contributed by atoms with van der Waals surface area (Å²) in [7, 11) is 0. The highest BCUT2D eigenvalue weighted by molar-refractivity contribution is 9.10. The number of pyridine rings is 1. The average Bonchev–Trinajstić information content (AvgIpc) is 2.80. The van der Waals surface area contributed by atoms with E-state index in [1.807, 2.05) is 6.07 Å². The molecule has 2 saturated heterocycles. The van der Waals surface area contributed by atoms with E-state index in [0.717, 1.165) is 36.2 Å². The number of aromatic nitrogens is 1. The number of piperidine rings is 1. The van der Waals surface area contributed by atoms with Gasteiger partial charge >= 0.3 is 0 Å². The standard InChI is InChI=1S/C12H16BrN3O2/c13-9-7-10(14)11(15-8-9)16-3-1-12(2-4-16)17-5-6-18-12/h7-8H,1-6,14H2. The highest BCUT2D eigenvalue weighted by Crippen LogP contribution is 2.34. The molecule has 2 aliphatic heterocycles. The predicted octanol–water partition coefficient (Wildman–Crippen LogP) is 1.77. The summed E-state index contributed by atoms with van der Waals surface area (Å²) in [5, 5.41) is 0. The third-order valence-corrected chi connectivity index (χ3v) is 3.93. The van der Waals surface area contributed by atoms with E-state index in [1.54, 1.807) is 6.20 Å². The van der Waals surface area contributed by atoms with Gasteiger partial charge in [-0.15, -0.1) is 0 Å². The second-order valence-electron chi connectivity index (χ2n) is 4.66. The molecule has 5 nitrogen and oxygen atoms in total. The Bertz CT molecular complexity index is 439. The number of nitrogens with zero attached hydrogens (tertiary/aromatic N) is 2. The monoisotopic (exact) mass is 313 g/mol. The van der Waals surface area contributed by atoms with Crippen molar-refractivity contribution in [2.45, 2.75) is 18.6 Å². The third kappa shape index (κ3) is 2.20. The molecule has 3 heterocycles. The summed E-state index contributed by atoms with van der Waals surface area (Å²) in [6, 6.07) is 1.88. The average molecular weight is 314 g/mol. The molecular formula is C12H16BrN3O2. The van der Waals surface area contributed by atoms with Gasteiger partial charge in [-0.25, -0.2) is 4.98 Å². The van der Waals surface area contributed by atoms with Gasteiger partial charge in [-0.05, 0) is 22.0 Å². The quantitative estimate of drug-likeness (QED) is 0.856. The van der Waals surface area contributed by atoms with E-state index < -0.39 is 0 Å². The van der Waals surface area contributed by atoms with Gasteiger partial charge in [0.05, 0.1) is 18.9 Å². The number of ether oxygens (including phenoxy) is 2. The van der Waals surface area contributed by atoms with Crippen molar-refractivity contribution >= 4 is 27.4 Å². The lowest BCUT2D eigenvalue weighted by Gasteiger charge is -2.38. The van der Waals surface area contributed by atoms with Crippen LogP contribution in [0.15, 0.2) is 16.7 Å². The Balaban J connectivity index is 1.72. The Kier molecular flexibility index (Phi) is 3.17. The number of halogens is 1. The summed E-state index contributed by atoms with van der Waals surface area (Å²) in [6.07, 6.45) is 3.51. The second kappa shape index (κ2) is 4.68. The molecular weight excluding hydrogens is 298 g/mol. The van der Waals surface area contributed by atoms with Crippen LogP contribution in [0.1, 0.15) is 12.8 Å². The van der Waals surface area contributed by atoms with E-state index in [1.165, 1.54) is 0 Å². The van der Waals surface area contributed by atoms with Crippen LogP contribution in [0.3, 0.4) is 0 Å². The van der Waals surface area contributed by atoms with Gasteiger partial charge in [-0.1, -0.05) is 0 Å². The van der Waals surface area contributed by atoms with Crippen molar-refractivity contribution in [3.8, 4) is 0 Å². The highest BCUT2D eigenvalue weighted by Gasteiger charge is 2.40. The van der Waals surface area contributed by atoms with Crippen LogP contribution < -0.4 is 10.6 Å². The van der Waals surface area contributed by atoms with Crippen LogP contribution in [0.4, 0.5) is 11.5 Å². The molecule has 2 fully saturated rings. The Morgan fingerprint density at radius 1 is 1.28 bits per heavy atom. The van der Waals surface area contributed by atoms with Crippen molar-refractivity contribution in [2.24, 2.45) is 0 Å². The second-order valence-corrected chi connectivity index (χ2v) is 5.58. The van der Waals surface area contributed by atoms with E-state index in [-0.39, 0.29) is 5.79 Å². The number of hydrogen-bond acceptors (Lipinski definition) is 5. The molecule has 0 atom stereocenters. The van der Waals surface area contributed by atoms with Gasteiger partial charge in [0.1, 0.15) is 0 Å². The van der Waals surface area contributed by atoms with Gasteiger partial charge in [0.2, 0.25) is 0 Å². The maximum Gasteiger partial charge on any atom is 0.171 e. The summed E-state index contributed by atoms with van der Waals surface area (Å²) in [5.74, 6) is 0.506. The van der Waals surface area contributed by atoms with Crippen molar-refractivity contribution in [1.29, 1.82) is 0 Å². The van der Waals surface area contributed by atoms with Gasteiger partial charge in [0, 0.05) is 36.6 Å². The molecule has 0 bridgehead atoms. The molecule has 0 unspecified atom stereocenters. The minimum Gasteiger partial charge on any atom is -0.396 e. The summed E-state index contributed by atoms with van der Waals surface area (Å²) in [4.78, 5) is 6.58. The van der Waals surface area contributed by atoms with E-state index in [9.17, 15) is 0 Å². The molecule has 1 spiro atoms. The summed E-state index contributed by atoms with van der Waals surface area (Å²) in [5.41, 5.74) is 6.70. The van der Waals surface area contributed by atoms with Gasteiger partial charge in [0.25, 0.3) is 0 Å². The molecule has 3 rings (SSSR count). The van der Waals surface area contributed by atoms with Gasteiger partial charge in [-0.3, -0.25) is 0 Å². The largest absolute Gasteiger partial charge is 0.396 e. The van der Waals surface area contributed by atoms with Crippen LogP contribution in [0.25, 0.3) is 0 Å². The minimum atomic E-state index is -0.347. The van der Waals surface area contributed by atoms with Crippen LogP contribution in [-0.2, 0) is 9.47 Å². The van der Waals surface area contributed by atoms with E-state index in [0.29, 0.717) is 18.9 Å². The zero-order valence-electron chi connectivity index (χ0n) is 10.1. The van der Waals surface area contributed by atoms with Crippen molar-refractivity contribution in [3.63, 3.8) is 0 Å². The van der Waals surface area contributed by atoms with E-state index >= 15 is 0 Å². The molecule has 0 amide bonds. The summed E-state index contributed by atoms with van der Waals surface area (Å²) in [6.45, 7) is 3.13. The molecule has 18 heavy (non-hydrogen) atoms. The van der Waals surface area contributed by atoms with Crippen molar-refractivity contribution in [1.82, 2.24) is 4.98 Å². The van der Waals surface area contributed by atoms with Crippen LogP contribution in [0.5, 0.6) is 0 Å². The van der Waals surface area contributed by atoms with Crippen LogP contribution in [0.2, 0.25) is 0 Å². The molecule has 0 aromatic carbocycles. The van der Waals surface area contributed by atoms with Crippen molar-refractivity contribution < 1.29 is 9.47 Å².